The lowest BCUT2D eigenvalue weighted by Gasteiger charge is -2.08. The minimum atomic E-state index is -2.23. The number of halogens is 6. The van der Waals surface area contributed by atoms with Crippen LogP contribution in [0.3, 0.4) is 0 Å². The molecule has 0 radical (unpaired) electrons. The van der Waals surface area contributed by atoms with Gasteiger partial charge in [-0.15, -0.1) is 0 Å². The van der Waals surface area contributed by atoms with Gasteiger partial charge in [0.05, 0.1) is 12.1 Å². The van der Waals surface area contributed by atoms with E-state index in [1.807, 2.05) is 0 Å². The monoisotopic (exact) mass is 445 g/mol. The molecule has 140 valence electrons. The van der Waals surface area contributed by atoms with Gasteiger partial charge in [0.15, 0.2) is 29.1 Å². The third-order valence-electron chi connectivity index (χ3n) is 3.61. The molecule has 0 unspecified atom stereocenters. The quantitative estimate of drug-likeness (QED) is 0.361. The van der Waals surface area contributed by atoms with E-state index in [2.05, 4.69) is 26.3 Å². The average molecular weight is 446 g/mol. The molecule has 0 aliphatic carbocycles. The topological polar surface area (TPSA) is 46.9 Å². The van der Waals surface area contributed by atoms with E-state index in [1.54, 1.807) is 24.3 Å². The molecular weight excluding hydrogens is 437 g/mol. The number of rotatable bonds is 4. The van der Waals surface area contributed by atoms with Crippen molar-refractivity contribution in [2.75, 3.05) is 5.32 Å². The van der Waals surface area contributed by atoms with Crippen molar-refractivity contribution in [3.05, 3.63) is 81.2 Å². The Balaban J connectivity index is 1.79. The second kappa shape index (κ2) is 7.47. The van der Waals surface area contributed by atoms with Crippen molar-refractivity contribution in [2.45, 2.75) is 6.54 Å². The van der Waals surface area contributed by atoms with Crippen LogP contribution in [0.25, 0.3) is 0 Å². The summed E-state index contributed by atoms with van der Waals surface area (Å²) in [7, 11) is 0. The summed E-state index contributed by atoms with van der Waals surface area (Å²) in [5.74, 6) is -10.6. The maximum absolute atomic E-state index is 13.7. The molecule has 1 amide bonds. The molecule has 0 aliphatic heterocycles. The average Bonchev–Trinajstić information content (AvgIpc) is 3.09. The molecule has 27 heavy (non-hydrogen) atoms. The van der Waals surface area contributed by atoms with E-state index in [1.165, 1.54) is 12.3 Å². The molecule has 0 saturated carbocycles. The molecule has 0 fully saturated rings. The van der Waals surface area contributed by atoms with E-state index in [0.717, 1.165) is 9.15 Å². The van der Waals surface area contributed by atoms with Gasteiger partial charge in [-0.2, -0.15) is 5.10 Å². The number of aromatic nitrogens is 2. The van der Waals surface area contributed by atoms with E-state index in [0.29, 0.717) is 5.56 Å². The molecule has 1 heterocycles. The number of nitrogens with one attached hydrogen (secondary N) is 1. The summed E-state index contributed by atoms with van der Waals surface area (Å²) in [5, 5.41) is 6.32. The van der Waals surface area contributed by atoms with Crippen LogP contribution in [0.15, 0.2) is 41.0 Å². The van der Waals surface area contributed by atoms with Crippen LogP contribution < -0.4 is 5.32 Å². The number of carbonyl (C=O) groups excluding carboxylic acids is 1. The van der Waals surface area contributed by atoms with Crippen LogP contribution in [-0.2, 0) is 6.54 Å². The van der Waals surface area contributed by atoms with Crippen LogP contribution in [0.2, 0.25) is 0 Å². The first kappa shape index (κ1) is 19.0. The standard InChI is InChI=1S/C17H9BrF5N3O/c18-9-3-1-8(2-4-9)17(27)24-11-5-6-26(25-11)7-10-12(19)14(21)16(23)15(22)13(10)20/h1-6H,7H2,(H,24,25,27). The molecule has 1 N–H and O–H groups in total. The maximum Gasteiger partial charge on any atom is 0.256 e. The Morgan fingerprint density at radius 2 is 1.48 bits per heavy atom. The highest BCUT2D eigenvalue weighted by Crippen LogP contribution is 2.24. The van der Waals surface area contributed by atoms with Gasteiger partial charge < -0.3 is 5.32 Å². The van der Waals surface area contributed by atoms with Gasteiger partial charge in [-0.3, -0.25) is 9.48 Å². The first-order valence-corrected chi connectivity index (χ1v) is 8.18. The van der Waals surface area contributed by atoms with Gasteiger partial charge in [-0.1, -0.05) is 15.9 Å². The number of hydrogen-bond donors (Lipinski definition) is 1. The fraction of sp³-hybridized carbons (Fsp3) is 0.0588. The lowest BCUT2D eigenvalue weighted by atomic mass is 10.1. The third kappa shape index (κ3) is 3.85. The van der Waals surface area contributed by atoms with E-state index < -0.39 is 47.1 Å². The molecule has 2 aromatic carbocycles. The van der Waals surface area contributed by atoms with Crippen LogP contribution >= 0.6 is 15.9 Å². The summed E-state index contributed by atoms with van der Waals surface area (Å²) in [6.07, 6.45) is 1.23. The van der Waals surface area contributed by atoms with Crippen LogP contribution in [0, 0.1) is 29.1 Å². The summed E-state index contributed by atoms with van der Waals surface area (Å²) in [6, 6.07) is 7.77. The lowest BCUT2D eigenvalue weighted by molar-refractivity contribution is 0.102. The zero-order valence-electron chi connectivity index (χ0n) is 13.2. The van der Waals surface area contributed by atoms with Crippen LogP contribution in [0.5, 0.6) is 0 Å². The molecule has 3 rings (SSSR count). The summed E-state index contributed by atoms with van der Waals surface area (Å²) in [6.45, 7) is -0.708. The fourth-order valence-corrected chi connectivity index (χ4v) is 2.52. The second-order valence-corrected chi connectivity index (χ2v) is 6.32. The van der Waals surface area contributed by atoms with Crippen molar-refractivity contribution in [3.8, 4) is 0 Å². The molecule has 0 saturated heterocycles. The summed E-state index contributed by atoms with van der Waals surface area (Å²) < 4.78 is 68.7. The minimum Gasteiger partial charge on any atom is -0.305 e. The molecule has 0 spiro atoms. The number of carbonyl (C=O) groups is 1. The molecular formula is C17H9BrF5N3O. The largest absolute Gasteiger partial charge is 0.305 e. The number of anilines is 1. The zero-order chi connectivity index (χ0) is 19.7. The zero-order valence-corrected chi connectivity index (χ0v) is 14.8. The van der Waals surface area contributed by atoms with Crippen LogP contribution in [-0.4, -0.2) is 15.7 Å². The number of nitrogens with zero attached hydrogens (tertiary/aromatic N) is 2. The predicted octanol–water partition coefficient (Wildman–Crippen LogP) is 4.64. The van der Waals surface area contributed by atoms with Crippen molar-refractivity contribution in [2.24, 2.45) is 0 Å². The number of hydrogen-bond acceptors (Lipinski definition) is 2. The van der Waals surface area contributed by atoms with Crippen molar-refractivity contribution >= 4 is 27.7 Å². The molecule has 10 heteroatoms. The lowest BCUT2D eigenvalue weighted by Crippen LogP contribution is -2.14. The Kier molecular flexibility index (Phi) is 5.26. The second-order valence-electron chi connectivity index (χ2n) is 5.41. The molecule has 3 aromatic rings. The molecule has 4 nitrogen and oxygen atoms in total. The highest BCUT2D eigenvalue weighted by atomic mass is 79.9. The van der Waals surface area contributed by atoms with Crippen LogP contribution in [0.1, 0.15) is 15.9 Å². The van der Waals surface area contributed by atoms with Gasteiger partial charge in [0, 0.05) is 22.3 Å². The predicted molar refractivity (Wildman–Crippen MR) is 89.7 cm³/mol. The van der Waals surface area contributed by atoms with E-state index >= 15 is 0 Å². The first-order valence-electron chi connectivity index (χ1n) is 7.38. The summed E-state index contributed by atoms with van der Waals surface area (Å²) >= 11 is 3.24. The van der Waals surface area contributed by atoms with Crippen molar-refractivity contribution < 1.29 is 26.7 Å². The van der Waals surface area contributed by atoms with Crippen molar-refractivity contribution in [1.82, 2.24) is 9.78 Å². The van der Waals surface area contributed by atoms with Gasteiger partial charge in [-0.25, -0.2) is 22.0 Å². The molecule has 0 bridgehead atoms. The van der Waals surface area contributed by atoms with Crippen molar-refractivity contribution in [3.63, 3.8) is 0 Å². The summed E-state index contributed by atoms with van der Waals surface area (Å²) in [4.78, 5) is 12.1. The normalized spacial score (nSPS) is 10.9. The molecule has 0 aliphatic rings. The fourth-order valence-electron chi connectivity index (χ4n) is 2.26. The third-order valence-corrected chi connectivity index (χ3v) is 4.14. The van der Waals surface area contributed by atoms with E-state index in [-0.39, 0.29) is 5.82 Å². The van der Waals surface area contributed by atoms with Gasteiger partial charge in [0.2, 0.25) is 5.82 Å². The van der Waals surface area contributed by atoms with Gasteiger partial charge in [0.1, 0.15) is 0 Å². The maximum atomic E-state index is 13.7. The van der Waals surface area contributed by atoms with E-state index in [4.69, 9.17) is 0 Å². The SMILES string of the molecule is O=C(Nc1ccn(Cc2c(F)c(F)c(F)c(F)c2F)n1)c1ccc(Br)cc1. The van der Waals surface area contributed by atoms with Gasteiger partial charge >= 0.3 is 0 Å². The van der Waals surface area contributed by atoms with Gasteiger partial charge in [0.25, 0.3) is 5.91 Å². The highest BCUT2D eigenvalue weighted by molar-refractivity contribution is 9.10. The smallest absolute Gasteiger partial charge is 0.256 e. The Labute approximate surface area is 157 Å². The summed E-state index contributed by atoms with van der Waals surface area (Å²) in [5.41, 5.74) is -0.687. The highest BCUT2D eigenvalue weighted by Gasteiger charge is 2.25. The number of benzene rings is 2. The van der Waals surface area contributed by atoms with Crippen LogP contribution in [0.4, 0.5) is 27.8 Å². The Hall–Kier alpha value is -2.75. The Morgan fingerprint density at radius 1 is 0.926 bits per heavy atom. The number of amides is 1. The van der Waals surface area contributed by atoms with E-state index in [9.17, 15) is 26.7 Å². The first-order chi connectivity index (χ1) is 12.8. The Bertz CT molecular complexity index is 991. The Morgan fingerprint density at radius 3 is 2.07 bits per heavy atom. The molecule has 0 atom stereocenters. The van der Waals surface area contributed by atoms with Crippen molar-refractivity contribution in [1.29, 1.82) is 0 Å². The molecule has 1 aromatic heterocycles. The minimum absolute atomic E-state index is 0.0480. The van der Waals surface area contributed by atoms with Gasteiger partial charge in [-0.05, 0) is 24.3 Å².